The van der Waals surface area contributed by atoms with Crippen molar-refractivity contribution in [3.05, 3.63) is 48.8 Å². The highest BCUT2D eigenvalue weighted by Gasteiger charge is 1.95. The molecule has 2 rings (SSSR count). The lowest BCUT2D eigenvalue weighted by Crippen LogP contribution is -1.83. The molecule has 5 heteroatoms. The van der Waals surface area contributed by atoms with Crippen LogP contribution in [-0.2, 0) is 0 Å². The summed E-state index contributed by atoms with van der Waals surface area (Å²) in [5, 5.41) is 0. The molecule has 0 spiro atoms. The Morgan fingerprint density at radius 1 is 0.733 bits per heavy atom. The van der Waals surface area contributed by atoms with Crippen LogP contribution in [0.3, 0.4) is 0 Å². The van der Waals surface area contributed by atoms with Crippen molar-refractivity contribution in [2.24, 2.45) is 0 Å². The van der Waals surface area contributed by atoms with Crippen molar-refractivity contribution >= 4 is 45.2 Å². The normalized spacial score (nSPS) is 8.13. The largest absolute Gasteiger partial charge is 0.255 e. The Labute approximate surface area is 115 Å². The van der Waals surface area contributed by atoms with E-state index in [1.54, 1.807) is 12.4 Å². The van der Waals surface area contributed by atoms with Gasteiger partial charge in [-0.25, -0.2) is 0 Å². The molecule has 80 valence electrons. The first-order valence-corrected chi connectivity index (χ1v) is 7.65. The predicted molar refractivity (Wildman–Crippen MR) is 75.6 cm³/mol. The quantitative estimate of drug-likeness (QED) is 0.713. The fraction of sp³-hybridized carbons (Fsp3) is 0. The Hall–Kier alpha value is -0.260. The number of hydrogen-bond acceptors (Lipinski definition) is 2. The Morgan fingerprint density at radius 3 is 1.40 bits per heavy atom. The van der Waals surface area contributed by atoms with Crippen LogP contribution in [0.25, 0.3) is 11.4 Å². The van der Waals surface area contributed by atoms with Gasteiger partial charge in [0.2, 0.25) is 0 Å². The minimum atomic E-state index is 0. The number of halogens is 3. The summed E-state index contributed by atoms with van der Waals surface area (Å²) >= 11 is 5.50. The number of aromatic nitrogens is 2. The highest BCUT2D eigenvalue weighted by molar-refractivity contribution is 9.93. The second kappa shape index (κ2) is 9.00. The van der Waals surface area contributed by atoms with E-state index in [-0.39, 0.29) is 17.0 Å². The van der Waals surface area contributed by atoms with Crippen LogP contribution in [-0.4, -0.2) is 9.97 Å². The molecule has 0 aliphatic rings. The Kier molecular flexibility index (Phi) is 8.85. The second-order valence-electron chi connectivity index (χ2n) is 2.43. The molecule has 0 fully saturated rings. The van der Waals surface area contributed by atoms with Gasteiger partial charge in [-0.05, 0) is 24.3 Å². The minimum Gasteiger partial charge on any atom is -0.255 e. The van der Waals surface area contributed by atoms with Crippen molar-refractivity contribution in [2.75, 3.05) is 0 Å². The molecule has 0 aliphatic heterocycles. The Bertz CT molecular complexity index is 316. The maximum atomic E-state index is 4.19. The van der Waals surface area contributed by atoms with Gasteiger partial charge in [-0.2, -0.15) is 0 Å². The Balaban J connectivity index is 0.000000617. The molecule has 15 heavy (non-hydrogen) atoms. The molecule has 0 saturated heterocycles. The van der Waals surface area contributed by atoms with E-state index < -0.39 is 0 Å². The van der Waals surface area contributed by atoms with Gasteiger partial charge in [-0.1, -0.05) is 12.1 Å². The average Bonchev–Trinajstić information content (AvgIpc) is 2.34. The van der Waals surface area contributed by atoms with Crippen LogP contribution in [0.1, 0.15) is 0 Å². The van der Waals surface area contributed by atoms with E-state index in [9.17, 15) is 0 Å². The van der Waals surface area contributed by atoms with Crippen molar-refractivity contribution < 1.29 is 0 Å². The highest BCUT2D eigenvalue weighted by Crippen LogP contribution is 2.10. The zero-order chi connectivity index (χ0) is 10.2. The molecule has 0 unspecified atom stereocenters. The lowest BCUT2D eigenvalue weighted by Gasteiger charge is -1.96. The molecule has 2 aromatic rings. The van der Waals surface area contributed by atoms with E-state index in [4.69, 9.17) is 0 Å². The number of pyridine rings is 2. The van der Waals surface area contributed by atoms with Gasteiger partial charge in [0.25, 0.3) is 0 Å². The summed E-state index contributed by atoms with van der Waals surface area (Å²) in [7, 11) is 0. The minimum absolute atomic E-state index is 0. The molecule has 0 aromatic carbocycles. The first kappa shape index (κ1) is 14.7. The molecule has 0 bridgehead atoms. The van der Waals surface area contributed by atoms with Crippen LogP contribution in [0.5, 0.6) is 0 Å². The van der Waals surface area contributed by atoms with Crippen LogP contribution < -0.4 is 0 Å². The zero-order valence-corrected chi connectivity index (χ0v) is 12.6. The topological polar surface area (TPSA) is 25.8 Å². The van der Waals surface area contributed by atoms with E-state index in [0.29, 0.717) is 0 Å². The molecule has 2 nitrogen and oxygen atoms in total. The maximum Gasteiger partial charge on any atom is 0.0886 e. The fourth-order valence-corrected chi connectivity index (χ4v) is 1.03. The highest BCUT2D eigenvalue weighted by atomic mass is 80.9. The van der Waals surface area contributed by atoms with Gasteiger partial charge >= 0.3 is 0 Å². The monoisotopic (exact) mass is 394 g/mol. The number of hydrogen-bond donors (Lipinski definition) is 0. The molecular weight excluding hydrogens is 388 g/mol. The van der Waals surface area contributed by atoms with Gasteiger partial charge in [0.15, 0.2) is 0 Å². The zero-order valence-electron chi connectivity index (χ0n) is 7.68. The van der Waals surface area contributed by atoms with Gasteiger partial charge in [0.1, 0.15) is 0 Å². The molecule has 2 heterocycles. The van der Waals surface area contributed by atoms with Crippen LogP contribution in [0.4, 0.5) is 0 Å². The third-order valence-electron chi connectivity index (χ3n) is 1.59. The molecule has 0 aliphatic carbocycles. The molecule has 0 amide bonds. The smallest absolute Gasteiger partial charge is 0.0886 e. The summed E-state index contributed by atoms with van der Waals surface area (Å²) in [4.78, 5) is 8.37. The van der Waals surface area contributed by atoms with Crippen molar-refractivity contribution in [3.63, 3.8) is 0 Å². The third kappa shape index (κ3) is 4.86. The van der Waals surface area contributed by atoms with Gasteiger partial charge in [-0.3, -0.25) is 9.97 Å². The van der Waals surface area contributed by atoms with E-state index in [1.807, 2.05) is 36.4 Å². The van der Waals surface area contributed by atoms with E-state index in [0.717, 1.165) is 11.4 Å². The van der Waals surface area contributed by atoms with Gasteiger partial charge in [0.05, 0.1) is 11.4 Å². The second-order valence-corrected chi connectivity index (χ2v) is 2.43. The average molecular weight is 397 g/mol. The van der Waals surface area contributed by atoms with Gasteiger partial charge in [-0.15, -0.1) is 17.0 Å². The summed E-state index contributed by atoms with van der Waals surface area (Å²) in [5.41, 5.74) is 1.83. The van der Waals surface area contributed by atoms with Crippen molar-refractivity contribution in [1.82, 2.24) is 9.97 Å². The van der Waals surface area contributed by atoms with Gasteiger partial charge < -0.3 is 0 Å². The summed E-state index contributed by atoms with van der Waals surface area (Å²) in [6.45, 7) is 0. The lowest BCUT2D eigenvalue weighted by molar-refractivity contribution is 1.25. The van der Waals surface area contributed by atoms with Crippen molar-refractivity contribution in [1.29, 1.82) is 0 Å². The molecule has 0 atom stereocenters. The van der Waals surface area contributed by atoms with Crippen molar-refractivity contribution in [3.8, 4) is 11.4 Å². The van der Waals surface area contributed by atoms with Crippen LogP contribution in [0, 0.1) is 0 Å². The van der Waals surface area contributed by atoms with Crippen molar-refractivity contribution in [2.45, 2.75) is 0 Å². The number of nitrogens with zero attached hydrogens (tertiary/aromatic N) is 2. The third-order valence-corrected chi connectivity index (χ3v) is 1.59. The van der Waals surface area contributed by atoms with E-state index in [1.165, 1.54) is 0 Å². The maximum absolute atomic E-state index is 4.19. The first-order chi connectivity index (χ1) is 6.97. The lowest BCUT2D eigenvalue weighted by atomic mass is 10.2. The van der Waals surface area contributed by atoms with Crippen LogP contribution in [0.2, 0.25) is 0 Å². The number of rotatable bonds is 1. The fourth-order valence-electron chi connectivity index (χ4n) is 1.03. The predicted octanol–water partition coefficient (Wildman–Crippen LogP) is 4.41. The molecular formula is C10H9Br3N2. The van der Waals surface area contributed by atoms with Crippen LogP contribution in [0.15, 0.2) is 48.8 Å². The molecule has 0 N–H and O–H groups in total. The van der Waals surface area contributed by atoms with E-state index >= 15 is 0 Å². The standard InChI is InChI=1S/C10H8N2.Br2.BrH/c1-3-7-11-9(5-1)10-6-2-4-8-12-10;1-2;/h1-8H;;1H. The molecule has 2 aromatic heterocycles. The summed E-state index contributed by atoms with van der Waals surface area (Å²) in [5.74, 6) is 0. The first-order valence-electron chi connectivity index (χ1n) is 3.93. The summed E-state index contributed by atoms with van der Waals surface area (Å²) in [6, 6.07) is 11.6. The summed E-state index contributed by atoms with van der Waals surface area (Å²) < 4.78 is 0. The molecule has 0 saturated carbocycles. The SMILES string of the molecule is Br.BrBr.c1ccc(-c2ccccn2)nc1. The van der Waals surface area contributed by atoms with Gasteiger partial charge in [0, 0.05) is 40.6 Å². The molecule has 0 radical (unpaired) electrons. The summed E-state index contributed by atoms with van der Waals surface area (Å²) in [6.07, 6.45) is 3.54. The van der Waals surface area contributed by atoms with E-state index in [2.05, 4.69) is 38.2 Å². The van der Waals surface area contributed by atoms with Crippen LogP contribution >= 0.6 is 45.2 Å². The Morgan fingerprint density at radius 2 is 1.13 bits per heavy atom.